The summed E-state index contributed by atoms with van der Waals surface area (Å²) in [7, 11) is 0. The largest absolute Gasteiger partial charge is 0.324 e. The molecule has 2 aromatic rings. The normalized spacial score (nSPS) is 10.5. The molecule has 0 spiro atoms. The van der Waals surface area contributed by atoms with Crippen molar-refractivity contribution in [2.75, 3.05) is 16.8 Å². The van der Waals surface area contributed by atoms with Crippen LogP contribution in [0.25, 0.3) is 0 Å². The molecule has 25 heavy (non-hydrogen) atoms. The van der Waals surface area contributed by atoms with Crippen molar-refractivity contribution in [3.8, 4) is 0 Å². The molecular formula is C18H17Cl3N2O2. The first kappa shape index (κ1) is 19.6. The van der Waals surface area contributed by atoms with E-state index in [0.717, 1.165) is 11.1 Å². The highest BCUT2D eigenvalue weighted by Crippen LogP contribution is 2.31. The van der Waals surface area contributed by atoms with Crippen molar-refractivity contribution >= 4 is 58.0 Å². The summed E-state index contributed by atoms with van der Waals surface area (Å²) in [5.41, 5.74) is 2.78. The molecule has 2 aromatic carbocycles. The predicted molar refractivity (Wildman–Crippen MR) is 104 cm³/mol. The fourth-order valence-corrected chi connectivity index (χ4v) is 3.52. The van der Waals surface area contributed by atoms with Crippen molar-refractivity contribution in [3.63, 3.8) is 0 Å². The molecule has 0 aliphatic carbocycles. The minimum Gasteiger partial charge on any atom is -0.324 e. The van der Waals surface area contributed by atoms with E-state index >= 15 is 0 Å². The molecule has 0 heterocycles. The van der Waals surface area contributed by atoms with E-state index in [2.05, 4.69) is 5.32 Å². The molecule has 2 amide bonds. The second-order valence-corrected chi connectivity index (χ2v) is 7.00. The standard InChI is InChI=1S/C18H17Cl3N2O2/c1-10-4-11(2)18(16(21)5-10)23(12(3)24)9-17(25)22-15-7-13(19)6-14(20)8-15/h4-8H,9H2,1-3H3,(H,22,25). The highest BCUT2D eigenvalue weighted by molar-refractivity contribution is 6.35. The number of rotatable bonds is 4. The van der Waals surface area contributed by atoms with Crippen molar-refractivity contribution in [3.05, 3.63) is 56.5 Å². The molecule has 4 nitrogen and oxygen atoms in total. The molecule has 0 aliphatic rings. The third-order valence-electron chi connectivity index (χ3n) is 3.50. The van der Waals surface area contributed by atoms with Gasteiger partial charge in [0.15, 0.2) is 0 Å². The van der Waals surface area contributed by atoms with Crippen molar-refractivity contribution in [1.82, 2.24) is 0 Å². The average molecular weight is 400 g/mol. The lowest BCUT2D eigenvalue weighted by molar-refractivity contribution is -0.120. The Bertz CT molecular complexity index is 794. The quantitative estimate of drug-likeness (QED) is 0.763. The van der Waals surface area contributed by atoms with Gasteiger partial charge in [0.25, 0.3) is 0 Å². The number of carbonyl (C=O) groups is 2. The van der Waals surface area contributed by atoms with Crippen LogP contribution in [0.2, 0.25) is 15.1 Å². The first-order valence-corrected chi connectivity index (χ1v) is 8.61. The lowest BCUT2D eigenvalue weighted by atomic mass is 10.1. The fraction of sp³-hybridized carbons (Fsp3) is 0.222. The van der Waals surface area contributed by atoms with Gasteiger partial charge in [-0.3, -0.25) is 9.59 Å². The second kappa shape index (κ2) is 8.09. The Balaban J connectivity index is 2.25. The van der Waals surface area contributed by atoms with Crippen LogP contribution < -0.4 is 10.2 Å². The summed E-state index contributed by atoms with van der Waals surface area (Å²) >= 11 is 18.1. The summed E-state index contributed by atoms with van der Waals surface area (Å²) in [5.74, 6) is -0.669. The van der Waals surface area contributed by atoms with Crippen molar-refractivity contribution < 1.29 is 9.59 Å². The van der Waals surface area contributed by atoms with Gasteiger partial charge in [0.1, 0.15) is 6.54 Å². The molecule has 0 saturated heterocycles. The molecule has 0 bridgehead atoms. The Hall–Kier alpha value is -1.75. The van der Waals surface area contributed by atoms with E-state index in [9.17, 15) is 9.59 Å². The third-order valence-corrected chi connectivity index (χ3v) is 4.22. The molecule has 0 atom stereocenters. The van der Waals surface area contributed by atoms with E-state index in [1.165, 1.54) is 11.8 Å². The molecule has 2 rings (SSSR count). The molecule has 1 N–H and O–H groups in total. The van der Waals surface area contributed by atoms with Crippen LogP contribution >= 0.6 is 34.8 Å². The molecule has 0 aliphatic heterocycles. The number of anilines is 2. The van der Waals surface area contributed by atoms with Crippen LogP contribution in [0.15, 0.2) is 30.3 Å². The van der Waals surface area contributed by atoms with Gasteiger partial charge >= 0.3 is 0 Å². The van der Waals surface area contributed by atoms with E-state index in [1.807, 2.05) is 19.9 Å². The second-order valence-electron chi connectivity index (χ2n) is 5.72. The average Bonchev–Trinajstić information content (AvgIpc) is 2.43. The third kappa shape index (κ3) is 5.11. The van der Waals surface area contributed by atoms with Gasteiger partial charge in [0.05, 0.1) is 10.7 Å². The highest BCUT2D eigenvalue weighted by Gasteiger charge is 2.21. The molecule has 7 heteroatoms. The topological polar surface area (TPSA) is 49.4 Å². The summed E-state index contributed by atoms with van der Waals surface area (Å²) in [6.07, 6.45) is 0. The van der Waals surface area contributed by atoms with Gasteiger partial charge in [-0.05, 0) is 49.2 Å². The number of benzene rings is 2. The predicted octanol–water partition coefficient (Wildman–Crippen LogP) is 5.26. The zero-order chi connectivity index (χ0) is 18.7. The molecule has 0 fully saturated rings. The number of nitrogens with one attached hydrogen (secondary N) is 1. The van der Waals surface area contributed by atoms with Crippen LogP contribution in [-0.2, 0) is 9.59 Å². The number of nitrogens with zero attached hydrogens (tertiary/aromatic N) is 1. The molecule has 0 saturated carbocycles. The van der Waals surface area contributed by atoms with Crippen LogP contribution in [0.1, 0.15) is 18.1 Å². The van der Waals surface area contributed by atoms with E-state index < -0.39 is 0 Å². The van der Waals surface area contributed by atoms with E-state index in [1.54, 1.807) is 24.3 Å². The van der Waals surface area contributed by atoms with E-state index in [-0.39, 0.29) is 18.4 Å². The highest BCUT2D eigenvalue weighted by atomic mass is 35.5. The molecule has 0 unspecified atom stereocenters. The number of aryl methyl sites for hydroxylation is 2. The molecule has 0 aromatic heterocycles. The van der Waals surface area contributed by atoms with Gasteiger partial charge in [-0.1, -0.05) is 40.9 Å². The Kier molecular flexibility index (Phi) is 6.33. The maximum atomic E-state index is 12.4. The van der Waals surface area contributed by atoms with Crippen LogP contribution in [0.3, 0.4) is 0 Å². The summed E-state index contributed by atoms with van der Waals surface area (Å²) in [5, 5.41) is 3.92. The SMILES string of the molecule is CC(=O)N(CC(=O)Nc1cc(Cl)cc(Cl)c1)c1c(C)cc(C)cc1Cl. The van der Waals surface area contributed by atoms with Gasteiger partial charge in [0.2, 0.25) is 11.8 Å². The van der Waals surface area contributed by atoms with Crippen LogP contribution in [0.4, 0.5) is 11.4 Å². The van der Waals surface area contributed by atoms with E-state index in [0.29, 0.717) is 26.4 Å². The Morgan fingerprint density at radius 3 is 2.12 bits per heavy atom. The Labute approximate surface area is 161 Å². The van der Waals surface area contributed by atoms with Gasteiger partial charge in [-0.15, -0.1) is 0 Å². The smallest absolute Gasteiger partial charge is 0.244 e. The van der Waals surface area contributed by atoms with Gasteiger partial charge in [0, 0.05) is 22.7 Å². The van der Waals surface area contributed by atoms with Crippen molar-refractivity contribution in [1.29, 1.82) is 0 Å². The lowest BCUT2D eigenvalue weighted by Crippen LogP contribution is -2.37. The maximum Gasteiger partial charge on any atom is 0.244 e. The van der Waals surface area contributed by atoms with Crippen molar-refractivity contribution in [2.24, 2.45) is 0 Å². The fourth-order valence-electron chi connectivity index (χ4n) is 2.57. The van der Waals surface area contributed by atoms with E-state index in [4.69, 9.17) is 34.8 Å². The lowest BCUT2D eigenvalue weighted by Gasteiger charge is -2.24. The maximum absolute atomic E-state index is 12.4. The zero-order valence-corrected chi connectivity index (χ0v) is 16.3. The summed E-state index contributed by atoms with van der Waals surface area (Å²) in [6.45, 7) is 4.97. The Morgan fingerprint density at radius 1 is 1.00 bits per heavy atom. The van der Waals surface area contributed by atoms with Crippen LogP contribution in [-0.4, -0.2) is 18.4 Å². The first-order chi connectivity index (χ1) is 11.7. The molecule has 132 valence electrons. The first-order valence-electron chi connectivity index (χ1n) is 7.48. The monoisotopic (exact) mass is 398 g/mol. The van der Waals surface area contributed by atoms with Crippen LogP contribution in [0.5, 0.6) is 0 Å². The minimum absolute atomic E-state index is 0.177. The number of hydrogen-bond donors (Lipinski definition) is 1. The minimum atomic E-state index is -0.385. The number of amides is 2. The van der Waals surface area contributed by atoms with Crippen LogP contribution in [0, 0.1) is 13.8 Å². The number of halogens is 3. The molecular weight excluding hydrogens is 383 g/mol. The zero-order valence-electron chi connectivity index (χ0n) is 14.0. The summed E-state index contributed by atoms with van der Waals surface area (Å²) in [4.78, 5) is 25.8. The van der Waals surface area contributed by atoms with Gasteiger partial charge < -0.3 is 10.2 Å². The summed E-state index contributed by atoms with van der Waals surface area (Å²) < 4.78 is 0. The summed E-state index contributed by atoms with van der Waals surface area (Å²) in [6, 6.07) is 8.39. The number of hydrogen-bond acceptors (Lipinski definition) is 2. The van der Waals surface area contributed by atoms with Gasteiger partial charge in [-0.2, -0.15) is 0 Å². The number of carbonyl (C=O) groups excluding carboxylic acids is 2. The molecule has 0 radical (unpaired) electrons. The van der Waals surface area contributed by atoms with Gasteiger partial charge in [-0.25, -0.2) is 0 Å². The Morgan fingerprint density at radius 2 is 1.60 bits per heavy atom. The van der Waals surface area contributed by atoms with Crippen molar-refractivity contribution in [2.45, 2.75) is 20.8 Å².